The molecule has 0 unspecified atom stereocenters. The van der Waals surface area contributed by atoms with Crippen molar-refractivity contribution in [2.45, 2.75) is 26.3 Å². The third-order valence-corrected chi connectivity index (χ3v) is 3.39. The molecule has 1 aromatic carbocycles. The fraction of sp³-hybridized carbons (Fsp3) is 0.333. The topological polar surface area (TPSA) is 29.0 Å². The normalized spacial score (nSPS) is 10.6. The zero-order valence-electron chi connectivity index (χ0n) is 11.6. The van der Waals surface area contributed by atoms with Crippen LogP contribution >= 0.6 is 11.6 Å². The molecule has 0 saturated heterocycles. The number of benzene rings is 1. The van der Waals surface area contributed by atoms with E-state index in [0.717, 1.165) is 29.8 Å². The van der Waals surface area contributed by atoms with E-state index in [1.54, 1.807) is 12.1 Å². The summed E-state index contributed by atoms with van der Waals surface area (Å²) in [6, 6.07) is 6.47. The van der Waals surface area contributed by atoms with Gasteiger partial charge in [0.2, 0.25) is 0 Å². The average Bonchev–Trinajstić information content (AvgIpc) is 2.43. The lowest BCUT2D eigenvalue weighted by Gasteiger charge is -2.21. The number of aromatic nitrogens is 2. The van der Waals surface area contributed by atoms with Crippen LogP contribution < -0.4 is 4.90 Å². The van der Waals surface area contributed by atoms with Crippen LogP contribution in [-0.4, -0.2) is 17.0 Å². The summed E-state index contributed by atoms with van der Waals surface area (Å²) in [5, 5.41) is 0.503. The number of hydrogen-bond donors (Lipinski definition) is 0. The Balaban J connectivity index is 2.22. The van der Waals surface area contributed by atoms with Gasteiger partial charge in [0.25, 0.3) is 0 Å². The molecule has 0 aliphatic carbocycles. The Bertz CT molecular complexity index is 572. The minimum Gasteiger partial charge on any atom is -0.355 e. The van der Waals surface area contributed by atoms with Crippen molar-refractivity contribution in [1.82, 2.24) is 9.97 Å². The first kappa shape index (κ1) is 14.7. The molecule has 0 fully saturated rings. The average molecular weight is 294 g/mol. The maximum absolute atomic E-state index is 12.9. The van der Waals surface area contributed by atoms with Gasteiger partial charge in [0.15, 0.2) is 0 Å². The number of anilines is 1. The lowest BCUT2D eigenvalue weighted by Crippen LogP contribution is -2.20. The standard InChI is InChI=1S/C15H17ClFN3/c1-3-4-13-14(16)18-10-19-15(13)20(2)9-11-5-7-12(17)8-6-11/h5-8,10H,3-4,9H2,1-2H3. The zero-order valence-corrected chi connectivity index (χ0v) is 12.4. The van der Waals surface area contributed by atoms with Crippen molar-refractivity contribution in [1.29, 1.82) is 0 Å². The van der Waals surface area contributed by atoms with E-state index in [-0.39, 0.29) is 5.82 Å². The molecule has 106 valence electrons. The first-order valence-corrected chi connectivity index (χ1v) is 6.94. The second-order valence-corrected chi connectivity index (χ2v) is 5.06. The summed E-state index contributed by atoms with van der Waals surface area (Å²) in [5.41, 5.74) is 1.98. The van der Waals surface area contributed by atoms with Crippen LogP contribution in [0.2, 0.25) is 5.15 Å². The lowest BCUT2D eigenvalue weighted by atomic mass is 10.1. The van der Waals surface area contributed by atoms with Crippen LogP contribution in [0.3, 0.4) is 0 Å². The van der Waals surface area contributed by atoms with Gasteiger partial charge < -0.3 is 4.90 Å². The van der Waals surface area contributed by atoms with E-state index in [1.165, 1.54) is 18.5 Å². The van der Waals surface area contributed by atoms with E-state index in [9.17, 15) is 4.39 Å². The fourth-order valence-electron chi connectivity index (χ4n) is 2.11. The summed E-state index contributed by atoms with van der Waals surface area (Å²) in [7, 11) is 1.95. The van der Waals surface area contributed by atoms with Gasteiger partial charge in [-0.3, -0.25) is 0 Å². The molecule has 0 saturated carbocycles. The molecule has 0 radical (unpaired) electrons. The van der Waals surface area contributed by atoms with Gasteiger partial charge in [0, 0.05) is 19.2 Å². The van der Waals surface area contributed by atoms with E-state index in [0.29, 0.717) is 11.7 Å². The minimum atomic E-state index is -0.229. The highest BCUT2D eigenvalue weighted by Crippen LogP contribution is 2.25. The third kappa shape index (κ3) is 3.45. The van der Waals surface area contributed by atoms with Crippen LogP contribution in [0.15, 0.2) is 30.6 Å². The predicted octanol–water partition coefficient (Wildman–Crippen LogP) is 3.86. The Hall–Kier alpha value is -1.68. The van der Waals surface area contributed by atoms with E-state index in [1.807, 2.05) is 11.9 Å². The van der Waals surface area contributed by atoms with Gasteiger partial charge >= 0.3 is 0 Å². The smallest absolute Gasteiger partial charge is 0.137 e. The van der Waals surface area contributed by atoms with Gasteiger partial charge in [-0.15, -0.1) is 0 Å². The maximum atomic E-state index is 12.9. The van der Waals surface area contributed by atoms with Crippen molar-refractivity contribution in [3.05, 3.63) is 52.7 Å². The van der Waals surface area contributed by atoms with E-state index in [2.05, 4.69) is 16.9 Å². The molecule has 1 heterocycles. The van der Waals surface area contributed by atoms with Crippen molar-refractivity contribution in [2.75, 3.05) is 11.9 Å². The van der Waals surface area contributed by atoms with Gasteiger partial charge in [-0.25, -0.2) is 14.4 Å². The molecule has 2 rings (SSSR count). The Morgan fingerprint density at radius 2 is 1.90 bits per heavy atom. The van der Waals surface area contributed by atoms with Gasteiger partial charge in [-0.2, -0.15) is 0 Å². The van der Waals surface area contributed by atoms with Crippen LogP contribution in [0, 0.1) is 5.82 Å². The Morgan fingerprint density at radius 3 is 2.55 bits per heavy atom. The summed E-state index contributed by atoms with van der Waals surface area (Å²) >= 11 is 6.15. The van der Waals surface area contributed by atoms with Crippen molar-refractivity contribution in [3.63, 3.8) is 0 Å². The summed E-state index contributed by atoms with van der Waals surface area (Å²) in [6.45, 7) is 2.73. The number of nitrogens with zero attached hydrogens (tertiary/aromatic N) is 3. The molecule has 0 spiro atoms. The van der Waals surface area contributed by atoms with E-state index >= 15 is 0 Å². The van der Waals surface area contributed by atoms with Crippen LogP contribution in [0.4, 0.5) is 10.2 Å². The molecular formula is C15H17ClFN3. The molecule has 5 heteroatoms. The summed E-state index contributed by atoms with van der Waals surface area (Å²) in [4.78, 5) is 10.4. The first-order valence-electron chi connectivity index (χ1n) is 6.56. The van der Waals surface area contributed by atoms with E-state index < -0.39 is 0 Å². The van der Waals surface area contributed by atoms with Gasteiger partial charge in [0.1, 0.15) is 23.1 Å². The Morgan fingerprint density at radius 1 is 1.20 bits per heavy atom. The van der Waals surface area contributed by atoms with Crippen LogP contribution in [0.1, 0.15) is 24.5 Å². The van der Waals surface area contributed by atoms with Crippen LogP contribution in [0.5, 0.6) is 0 Å². The summed E-state index contributed by atoms with van der Waals surface area (Å²) < 4.78 is 12.9. The highest BCUT2D eigenvalue weighted by Gasteiger charge is 2.13. The summed E-state index contributed by atoms with van der Waals surface area (Å²) in [6.07, 6.45) is 3.28. The van der Waals surface area contributed by atoms with Gasteiger partial charge in [-0.05, 0) is 24.1 Å². The number of hydrogen-bond acceptors (Lipinski definition) is 3. The molecule has 0 bridgehead atoms. The third-order valence-electron chi connectivity index (χ3n) is 3.06. The molecule has 20 heavy (non-hydrogen) atoms. The molecule has 0 aliphatic heterocycles. The van der Waals surface area contributed by atoms with Crippen LogP contribution in [-0.2, 0) is 13.0 Å². The molecule has 1 aromatic heterocycles. The molecule has 3 nitrogen and oxygen atoms in total. The van der Waals surface area contributed by atoms with Crippen molar-refractivity contribution < 1.29 is 4.39 Å². The fourth-order valence-corrected chi connectivity index (χ4v) is 2.34. The Kier molecular flexibility index (Phi) is 4.90. The highest BCUT2D eigenvalue weighted by atomic mass is 35.5. The SMILES string of the molecule is CCCc1c(Cl)ncnc1N(C)Cc1ccc(F)cc1. The first-order chi connectivity index (χ1) is 9.61. The largest absolute Gasteiger partial charge is 0.355 e. The monoisotopic (exact) mass is 293 g/mol. The summed E-state index contributed by atoms with van der Waals surface area (Å²) in [5.74, 6) is 0.601. The zero-order chi connectivity index (χ0) is 14.5. The molecule has 0 aliphatic rings. The van der Waals surface area contributed by atoms with Gasteiger partial charge in [0.05, 0.1) is 0 Å². The molecule has 0 atom stereocenters. The second-order valence-electron chi connectivity index (χ2n) is 4.70. The predicted molar refractivity (Wildman–Crippen MR) is 79.5 cm³/mol. The quantitative estimate of drug-likeness (QED) is 0.784. The number of halogens is 2. The minimum absolute atomic E-state index is 0.229. The lowest BCUT2D eigenvalue weighted by molar-refractivity contribution is 0.627. The molecular weight excluding hydrogens is 277 g/mol. The molecule has 0 amide bonds. The van der Waals surface area contributed by atoms with Crippen molar-refractivity contribution in [2.24, 2.45) is 0 Å². The Labute approximate surface area is 123 Å². The van der Waals surface area contributed by atoms with Crippen molar-refractivity contribution >= 4 is 17.4 Å². The van der Waals surface area contributed by atoms with Crippen LogP contribution in [0.25, 0.3) is 0 Å². The van der Waals surface area contributed by atoms with Crippen molar-refractivity contribution in [3.8, 4) is 0 Å². The van der Waals surface area contributed by atoms with E-state index in [4.69, 9.17) is 11.6 Å². The number of rotatable bonds is 5. The van der Waals surface area contributed by atoms with Gasteiger partial charge in [-0.1, -0.05) is 37.1 Å². The highest BCUT2D eigenvalue weighted by molar-refractivity contribution is 6.30. The molecule has 0 N–H and O–H groups in total. The second kappa shape index (κ2) is 6.66. The maximum Gasteiger partial charge on any atom is 0.137 e. The molecule has 2 aromatic rings.